The van der Waals surface area contributed by atoms with Crippen molar-refractivity contribution in [1.82, 2.24) is 19.9 Å². The van der Waals surface area contributed by atoms with E-state index in [1.165, 1.54) is 0 Å². The van der Waals surface area contributed by atoms with Crippen LogP contribution < -0.4 is 16.0 Å². The Balaban J connectivity index is 0.000000348. The summed E-state index contributed by atoms with van der Waals surface area (Å²) in [6.45, 7) is 11.8. The number of imidazole rings is 1. The van der Waals surface area contributed by atoms with Crippen LogP contribution in [0.2, 0.25) is 0 Å². The normalized spacial score (nSPS) is 11.5. The van der Waals surface area contributed by atoms with E-state index in [9.17, 15) is 5.11 Å². The van der Waals surface area contributed by atoms with Crippen molar-refractivity contribution < 1.29 is 10.2 Å². The van der Waals surface area contributed by atoms with Crippen LogP contribution in [0, 0.1) is 11.8 Å². The van der Waals surface area contributed by atoms with Gasteiger partial charge in [-0.3, -0.25) is 9.55 Å². The molecule has 31 heavy (non-hydrogen) atoms. The summed E-state index contributed by atoms with van der Waals surface area (Å²) in [7, 11) is 1.83. The van der Waals surface area contributed by atoms with Crippen LogP contribution in [-0.2, 0) is 0 Å². The van der Waals surface area contributed by atoms with Crippen LogP contribution in [0.15, 0.2) is 35.8 Å². The van der Waals surface area contributed by atoms with Gasteiger partial charge in [0.2, 0.25) is 0 Å². The van der Waals surface area contributed by atoms with E-state index >= 15 is 0 Å². The number of nitrogens with zero attached hydrogens (tertiary/aromatic N) is 4. The van der Waals surface area contributed by atoms with Crippen molar-refractivity contribution in [2.45, 2.75) is 59.0 Å². The molecule has 0 radical (unpaired) electrons. The fraction of sp³-hybridized carbons (Fsp3) is 0.458. The minimum absolute atomic E-state index is 0.171. The molecule has 2 heterocycles. The van der Waals surface area contributed by atoms with Crippen LogP contribution in [0.5, 0.6) is 0 Å². The van der Waals surface area contributed by atoms with Gasteiger partial charge < -0.3 is 15.5 Å². The molecule has 2 aromatic heterocycles. The van der Waals surface area contributed by atoms with E-state index in [2.05, 4.69) is 38.7 Å². The van der Waals surface area contributed by atoms with E-state index in [0.29, 0.717) is 12.8 Å². The SMILES string of the molecule is C=c1/c(=C(\N=C(C)C)NC)ncn1-c1ccncc1.CCCC(O)(C#CCO)CCC. The van der Waals surface area contributed by atoms with Crippen LogP contribution in [0.1, 0.15) is 53.4 Å². The number of pyridine rings is 1. The number of rotatable bonds is 7. The Morgan fingerprint density at radius 1 is 1.23 bits per heavy atom. The standard InChI is InChI=1S/C14H17N5.C10H18O2/c1-10(2)18-14(15-4)13-11(3)19(9-17-13)12-5-7-16-8-6-12;1-3-6-10(12,7-4-2)8-5-9-11/h5-9,15H,3H2,1-2,4H3;11-12H,3-4,6-7,9H2,1-2H3/b14-13+;. The third kappa shape index (κ3) is 8.36. The third-order valence-electron chi connectivity index (χ3n) is 4.33. The molecule has 0 aromatic carbocycles. The minimum Gasteiger partial charge on any atom is -0.384 e. The van der Waals surface area contributed by atoms with Gasteiger partial charge in [0.05, 0.1) is 11.0 Å². The monoisotopic (exact) mass is 425 g/mol. The van der Waals surface area contributed by atoms with Crippen LogP contribution in [0.3, 0.4) is 0 Å². The zero-order valence-corrected chi connectivity index (χ0v) is 19.3. The average Bonchev–Trinajstić information content (AvgIpc) is 3.13. The molecule has 0 unspecified atom stereocenters. The summed E-state index contributed by atoms with van der Waals surface area (Å²) in [6, 6.07) is 3.82. The largest absolute Gasteiger partial charge is 0.384 e. The van der Waals surface area contributed by atoms with Gasteiger partial charge in [0.1, 0.15) is 23.9 Å². The maximum Gasteiger partial charge on any atom is 0.153 e. The summed E-state index contributed by atoms with van der Waals surface area (Å²) in [5.74, 6) is 5.94. The van der Waals surface area contributed by atoms with Crippen molar-refractivity contribution >= 4 is 18.1 Å². The van der Waals surface area contributed by atoms with Gasteiger partial charge >= 0.3 is 0 Å². The lowest BCUT2D eigenvalue weighted by Gasteiger charge is -2.20. The van der Waals surface area contributed by atoms with Crippen molar-refractivity contribution in [1.29, 1.82) is 0 Å². The first kappa shape index (κ1) is 26.1. The van der Waals surface area contributed by atoms with E-state index in [0.717, 1.165) is 40.8 Å². The van der Waals surface area contributed by atoms with Crippen LogP contribution in [0.4, 0.5) is 0 Å². The van der Waals surface area contributed by atoms with Crippen molar-refractivity contribution in [3.63, 3.8) is 0 Å². The second-order valence-electron chi connectivity index (χ2n) is 7.26. The molecule has 2 rings (SSSR count). The fourth-order valence-corrected chi connectivity index (χ4v) is 3.03. The summed E-state index contributed by atoms with van der Waals surface area (Å²) in [6.07, 6.45) is 8.43. The van der Waals surface area contributed by atoms with Crippen molar-refractivity contribution in [2.24, 2.45) is 4.99 Å². The summed E-state index contributed by atoms with van der Waals surface area (Å²) >= 11 is 0. The Hall–Kier alpha value is -2.95. The molecule has 168 valence electrons. The molecule has 0 fully saturated rings. The first-order chi connectivity index (χ1) is 14.8. The zero-order chi connectivity index (χ0) is 23.3. The number of aliphatic imine (C=N–C) groups is 1. The summed E-state index contributed by atoms with van der Waals surface area (Å²) < 4.78 is 1.91. The van der Waals surface area contributed by atoms with Gasteiger partial charge in [0, 0.05) is 25.2 Å². The van der Waals surface area contributed by atoms with Crippen molar-refractivity contribution in [3.05, 3.63) is 41.6 Å². The van der Waals surface area contributed by atoms with Gasteiger partial charge in [-0.15, -0.1) is 0 Å². The van der Waals surface area contributed by atoms with Gasteiger partial charge in [0.25, 0.3) is 0 Å². The Bertz CT molecular complexity index is 990. The molecular weight excluding hydrogens is 390 g/mol. The molecule has 7 heteroatoms. The minimum atomic E-state index is -0.869. The molecule has 0 saturated heterocycles. The van der Waals surface area contributed by atoms with E-state index in [4.69, 9.17) is 5.11 Å². The number of aliphatic hydroxyl groups is 2. The van der Waals surface area contributed by atoms with Gasteiger partial charge in [-0.25, -0.2) is 9.98 Å². The molecule has 2 aromatic rings. The number of hydrogen-bond donors (Lipinski definition) is 3. The number of hydrogen-bond acceptors (Lipinski definition) is 6. The van der Waals surface area contributed by atoms with E-state index in [1.54, 1.807) is 18.7 Å². The number of aliphatic hydroxyl groups excluding tert-OH is 1. The second kappa shape index (κ2) is 13.4. The Labute approximate surface area is 185 Å². The van der Waals surface area contributed by atoms with E-state index in [-0.39, 0.29) is 6.61 Å². The van der Waals surface area contributed by atoms with E-state index < -0.39 is 5.60 Å². The second-order valence-corrected chi connectivity index (χ2v) is 7.26. The smallest absolute Gasteiger partial charge is 0.153 e. The number of aromatic nitrogens is 3. The Morgan fingerprint density at radius 3 is 2.32 bits per heavy atom. The highest BCUT2D eigenvalue weighted by atomic mass is 16.3. The summed E-state index contributed by atoms with van der Waals surface area (Å²) in [5.41, 5.74) is 1.07. The van der Waals surface area contributed by atoms with Crippen molar-refractivity contribution in [3.8, 4) is 17.5 Å². The predicted molar refractivity (Wildman–Crippen MR) is 127 cm³/mol. The number of nitrogens with one attached hydrogen (secondary N) is 1. The van der Waals surface area contributed by atoms with Crippen LogP contribution >= 0.6 is 0 Å². The average molecular weight is 426 g/mol. The van der Waals surface area contributed by atoms with Gasteiger partial charge in [-0.05, 0) is 38.8 Å². The molecule has 0 bridgehead atoms. The molecule has 0 aliphatic carbocycles. The lowest BCUT2D eigenvalue weighted by atomic mass is 9.93. The van der Waals surface area contributed by atoms with Gasteiger partial charge in [-0.2, -0.15) is 0 Å². The van der Waals surface area contributed by atoms with Crippen molar-refractivity contribution in [2.75, 3.05) is 13.7 Å². The van der Waals surface area contributed by atoms with Gasteiger partial charge in [0.15, 0.2) is 5.82 Å². The molecular formula is C24H35N5O2. The Morgan fingerprint density at radius 2 is 1.84 bits per heavy atom. The topological polar surface area (TPSA) is 95.6 Å². The van der Waals surface area contributed by atoms with Gasteiger partial charge in [-0.1, -0.05) is 45.1 Å². The maximum absolute atomic E-state index is 9.86. The molecule has 7 nitrogen and oxygen atoms in total. The lowest BCUT2D eigenvalue weighted by molar-refractivity contribution is 0.0804. The first-order valence-electron chi connectivity index (χ1n) is 10.5. The predicted octanol–water partition coefficient (Wildman–Crippen LogP) is 1.76. The molecule has 0 saturated carbocycles. The highest BCUT2D eigenvalue weighted by molar-refractivity contribution is 5.82. The molecule has 3 N–H and O–H groups in total. The molecule has 0 aliphatic rings. The third-order valence-corrected chi connectivity index (χ3v) is 4.33. The summed E-state index contributed by atoms with van der Waals surface area (Å²) in [4.78, 5) is 12.8. The quantitative estimate of drug-likeness (QED) is 0.464. The van der Waals surface area contributed by atoms with E-state index in [1.807, 2.05) is 51.4 Å². The molecule has 0 amide bonds. The summed E-state index contributed by atoms with van der Waals surface area (Å²) in [5, 5.41) is 22.9. The molecule has 0 aliphatic heterocycles. The fourth-order valence-electron chi connectivity index (χ4n) is 3.03. The highest BCUT2D eigenvalue weighted by Crippen LogP contribution is 2.17. The highest BCUT2D eigenvalue weighted by Gasteiger charge is 2.21. The zero-order valence-electron chi connectivity index (χ0n) is 19.3. The van der Waals surface area contributed by atoms with Crippen LogP contribution in [0.25, 0.3) is 18.1 Å². The maximum atomic E-state index is 9.86. The molecule has 0 atom stereocenters. The lowest BCUT2D eigenvalue weighted by Crippen LogP contribution is -2.33. The molecule has 0 spiro atoms. The first-order valence-corrected chi connectivity index (χ1v) is 10.5. The van der Waals surface area contributed by atoms with Crippen LogP contribution in [-0.4, -0.2) is 49.7 Å². The Kier molecular flexibility index (Phi) is 11.3.